The van der Waals surface area contributed by atoms with Crippen LogP contribution in [0.4, 0.5) is 10.5 Å². The zero-order valence-corrected chi connectivity index (χ0v) is 35.5. The quantitative estimate of drug-likeness (QED) is 0.0548. The highest BCUT2D eigenvalue weighted by molar-refractivity contribution is 5.93. The van der Waals surface area contributed by atoms with E-state index in [1.807, 2.05) is 0 Å². The van der Waals surface area contributed by atoms with Crippen LogP contribution in [0.15, 0.2) is 97.1 Å². The molecule has 4 aromatic carbocycles. The number of carbonyl (C=O) groups is 6. The number of ether oxygens (including phenoxy) is 7. The van der Waals surface area contributed by atoms with Gasteiger partial charge in [0, 0.05) is 19.0 Å². The molecule has 0 aliphatic heterocycles. The van der Waals surface area contributed by atoms with Gasteiger partial charge in [-0.15, -0.1) is 0 Å². The van der Waals surface area contributed by atoms with E-state index in [2.05, 4.69) is 0 Å². The number of methoxy groups -OCH3 is 2. The molecule has 4 aromatic rings. The van der Waals surface area contributed by atoms with E-state index >= 15 is 0 Å². The van der Waals surface area contributed by atoms with Crippen molar-refractivity contribution in [1.82, 2.24) is 0 Å². The van der Waals surface area contributed by atoms with Crippen LogP contribution in [0.1, 0.15) is 74.2 Å². The van der Waals surface area contributed by atoms with Gasteiger partial charge in [0.05, 0.1) is 37.2 Å². The maximum Gasteiger partial charge on any atom is 0.414 e. The number of hydrogen-bond acceptors (Lipinski definition) is 13. The first-order valence-corrected chi connectivity index (χ1v) is 19.2. The highest BCUT2D eigenvalue weighted by Gasteiger charge is 2.35. The highest BCUT2D eigenvalue weighted by Crippen LogP contribution is 2.30. The Bertz CT molecular complexity index is 2230. The van der Waals surface area contributed by atoms with E-state index in [1.165, 1.54) is 58.4 Å². The summed E-state index contributed by atoms with van der Waals surface area (Å²) in [5, 5.41) is 9.48. The predicted molar refractivity (Wildman–Crippen MR) is 222 cm³/mol. The molecule has 1 N–H and O–H groups in total. The first-order valence-electron chi connectivity index (χ1n) is 19.2. The van der Waals surface area contributed by atoms with Crippen LogP contribution in [-0.2, 0) is 35.0 Å². The number of carbonyl (C=O) groups excluding carboxylic acids is 5. The van der Waals surface area contributed by atoms with Crippen molar-refractivity contribution in [1.29, 1.82) is 0 Å². The molecule has 0 saturated heterocycles. The first kappa shape index (κ1) is 46.8. The third-order valence-electron chi connectivity index (χ3n) is 9.10. The number of esters is 4. The number of nitrogens with zero attached hydrogens (tertiary/aromatic N) is 1. The number of aliphatic carboxylic acids is 1. The minimum absolute atomic E-state index is 0.0446. The lowest BCUT2D eigenvalue weighted by atomic mass is 9.95. The van der Waals surface area contributed by atoms with Crippen LogP contribution in [0.5, 0.6) is 23.0 Å². The van der Waals surface area contributed by atoms with Crippen molar-refractivity contribution in [2.75, 3.05) is 38.9 Å². The Morgan fingerprint density at radius 3 is 1.57 bits per heavy atom. The summed E-state index contributed by atoms with van der Waals surface area (Å²) in [6, 6.07) is 25.6. The average molecular weight is 842 g/mol. The van der Waals surface area contributed by atoms with Crippen molar-refractivity contribution in [3.63, 3.8) is 0 Å². The number of carboxylic acid groups (broad SMARTS) is 1. The van der Waals surface area contributed by atoms with Crippen LogP contribution in [0.3, 0.4) is 0 Å². The lowest BCUT2D eigenvalue weighted by molar-refractivity contribution is -0.147. The van der Waals surface area contributed by atoms with Crippen molar-refractivity contribution in [3.05, 3.63) is 114 Å². The van der Waals surface area contributed by atoms with Crippen LogP contribution in [0, 0.1) is 10.8 Å². The summed E-state index contributed by atoms with van der Waals surface area (Å²) in [6.45, 7) is 8.71. The van der Waals surface area contributed by atoms with Crippen molar-refractivity contribution in [3.8, 4) is 23.0 Å². The maximum absolute atomic E-state index is 13.8. The number of carboxylic acids is 1. The smallest absolute Gasteiger partial charge is 0.414 e. The minimum Gasteiger partial charge on any atom is -0.496 e. The number of amides is 1. The fourth-order valence-corrected chi connectivity index (χ4v) is 5.67. The molecule has 0 atom stereocenters. The topological polar surface area (TPSA) is 190 Å². The molecular formula is C46H51NO14. The molecule has 0 heterocycles. The van der Waals surface area contributed by atoms with Crippen LogP contribution in [0.2, 0.25) is 0 Å². The predicted octanol–water partition coefficient (Wildman–Crippen LogP) is 7.72. The number of hydrogen-bond donors (Lipinski definition) is 1. The van der Waals surface area contributed by atoms with Crippen molar-refractivity contribution in [2.45, 2.75) is 60.0 Å². The number of anilines is 1. The molecule has 0 spiro atoms. The van der Waals surface area contributed by atoms with E-state index in [0.29, 0.717) is 17.1 Å². The fraction of sp³-hybridized carbons (Fsp3) is 0.348. The molecule has 324 valence electrons. The minimum atomic E-state index is -1.29. The molecule has 1 amide bonds. The molecule has 0 fully saturated rings. The van der Waals surface area contributed by atoms with E-state index in [-0.39, 0.29) is 54.5 Å². The molecule has 15 heteroatoms. The number of rotatable bonds is 19. The van der Waals surface area contributed by atoms with Gasteiger partial charge in [-0.1, -0.05) is 42.5 Å². The summed E-state index contributed by atoms with van der Waals surface area (Å²) in [6.07, 6.45) is -1.14. The molecule has 0 aliphatic carbocycles. The van der Waals surface area contributed by atoms with E-state index < -0.39 is 58.8 Å². The van der Waals surface area contributed by atoms with Gasteiger partial charge >= 0.3 is 35.9 Å². The monoisotopic (exact) mass is 841 g/mol. The Morgan fingerprint density at radius 1 is 0.607 bits per heavy atom. The molecule has 0 saturated carbocycles. The summed E-state index contributed by atoms with van der Waals surface area (Å²) in [4.78, 5) is 78.4. The van der Waals surface area contributed by atoms with Crippen molar-refractivity contribution in [2.24, 2.45) is 10.8 Å². The Morgan fingerprint density at radius 2 is 1.08 bits per heavy atom. The molecule has 0 radical (unpaired) electrons. The zero-order chi connectivity index (χ0) is 45.0. The second-order valence-corrected chi connectivity index (χ2v) is 15.8. The van der Waals surface area contributed by atoms with Gasteiger partial charge in [0.1, 0.15) is 52.9 Å². The van der Waals surface area contributed by atoms with Gasteiger partial charge in [0.25, 0.3) is 0 Å². The largest absolute Gasteiger partial charge is 0.496 e. The van der Waals surface area contributed by atoms with Gasteiger partial charge in [-0.25, -0.2) is 14.4 Å². The second-order valence-electron chi connectivity index (χ2n) is 15.8. The number of benzene rings is 4. The molecule has 4 rings (SSSR count). The Hall–Kier alpha value is -6.90. The molecule has 0 aromatic heterocycles. The summed E-state index contributed by atoms with van der Waals surface area (Å²) < 4.78 is 38.5. The fourth-order valence-electron chi connectivity index (χ4n) is 5.67. The number of para-hydroxylation sites is 2. The molecule has 0 unspecified atom stereocenters. The Balaban J connectivity index is 1.40. The van der Waals surface area contributed by atoms with E-state index in [1.54, 1.807) is 94.4 Å². The van der Waals surface area contributed by atoms with Crippen molar-refractivity contribution >= 4 is 41.6 Å². The normalized spacial score (nSPS) is 11.4. The van der Waals surface area contributed by atoms with Gasteiger partial charge in [-0.3, -0.25) is 19.3 Å². The third-order valence-corrected chi connectivity index (χ3v) is 9.10. The highest BCUT2D eigenvalue weighted by atomic mass is 16.6. The lowest BCUT2D eigenvalue weighted by Gasteiger charge is -2.30. The molecular weight excluding hydrogens is 790 g/mol. The van der Waals surface area contributed by atoms with E-state index in [9.17, 15) is 33.9 Å². The van der Waals surface area contributed by atoms with Crippen LogP contribution < -0.4 is 23.8 Å². The third kappa shape index (κ3) is 13.3. The lowest BCUT2D eigenvalue weighted by Crippen LogP contribution is -2.40. The van der Waals surface area contributed by atoms with Crippen LogP contribution in [0.25, 0.3) is 0 Å². The maximum atomic E-state index is 13.8. The molecule has 0 bridgehead atoms. The summed E-state index contributed by atoms with van der Waals surface area (Å²) in [5.41, 5.74) is -2.44. The summed E-state index contributed by atoms with van der Waals surface area (Å²) in [5.74, 6) is -2.98. The van der Waals surface area contributed by atoms with Gasteiger partial charge < -0.3 is 38.3 Å². The zero-order valence-electron chi connectivity index (χ0n) is 35.5. The van der Waals surface area contributed by atoms with E-state index in [0.717, 1.165) is 4.90 Å². The second kappa shape index (κ2) is 20.4. The van der Waals surface area contributed by atoms with Gasteiger partial charge in [0.15, 0.2) is 0 Å². The SMILES string of the molecule is COc1ccccc1C(=O)OCC(C)(C)C(=O)Oc1cccc(CC(C)(C)OC(=O)N(CCC(=O)O)c2cccc(OC(=O)C(C)(C)COC(=O)c3ccccc3OC)c2)c1. The molecule has 15 nitrogen and oxygen atoms in total. The first-order chi connectivity index (χ1) is 28.7. The van der Waals surface area contributed by atoms with Crippen LogP contribution >= 0.6 is 0 Å². The summed E-state index contributed by atoms with van der Waals surface area (Å²) in [7, 11) is 2.86. The molecule has 0 aliphatic rings. The Kier molecular flexibility index (Phi) is 15.6. The van der Waals surface area contributed by atoms with Crippen LogP contribution in [-0.4, -0.2) is 80.6 Å². The Labute approximate surface area is 354 Å². The van der Waals surface area contributed by atoms with Gasteiger partial charge in [-0.2, -0.15) is 0 Å². The van der Waals surface area contributed by atoms with Gasteiger partial charge in [0.2, 0.25) is 0 Å². The van der Waals surface area contributed by atoms with E-state index in [4.69, 9.17) is 33.2 Å². The average Bonchev–Trinajstić information content (AvgIpc) is 3.21. The summed E-state index contributed by atoms with van der Waals surface area (Å²) >= 11 is 0. The molecule has 61 heavy (non-hydrogen) atoms. The van der Waals surface area contributed by atoms with Crippen molar-refractivity contribution < 1.29 is 67.0 Å². The van der Waals surface area contributed by atoms with Gasteiger partial charge in [-0.05, 0) is 95.6 Å². The standard InChI is InChI=1S/C46H51NO14/c1-44(2,28-57-39(50)34-19-9-11-21-36(34)55-7)41(52)59-32-17-13-15-30(25-32)27-46(5,6)61-43(54)47(24-23-38(48)49)31-16-14-18-33(26-31)60-42(53)45(3,4)29-58-40(51)35-20-10-12-22-37(35)56-8/h9-22,25-26H,23-24,27-29H2,1-8H3,(H,48,49).